The lowest BCUT2D eigenvalue weighted by Crippen LogP contribution is -2.31. The number of nitrogens with zero attached hydrogens (tertiary/aromatic N) is 1. The van der Waals surface area contributed by atoms with Gasteiger partial charge in [0.05, 0.1) is 5.56 Å². The number of rotatable bonds is 8. The lowest BCUT2D eigenvalue weighted by atomic mass is 9.98. The zero-order chi connectivity index (χ0) is 24.8. The summed E-state index contributed by atoms with van der Waals surface area (Å²) in [5, 5.41) is 12.7. The Kier molecular flexibility index (Phi) is 7.76. The van der Waals surface area contributed by atoms with Crippen LogP contribution in [0.4, 0.5) is 13.2 Å². The molecule has 3 aromatic carbocycles. The molecule has 0 aromatic heterocycles. The highest BCUT2D eigenvalue weighted by Crippen LogP contribution is 2.29. The molecule has 184 valence electrons. The maximum absolute atomic E-state index is 12.8. The average molecular weight is 483 g/mol. The van der Waals surface area contributed by atoms with E-state index in [1.807, 2.05) is 36.4 Å². The van der Waals surface area contributed by atoms with Gasteiger partial charge in [-0.1, -0.05) is 36.4 Å². The highest BCUT2D eigenvalue weighted by Gasteiger charge is 2.29. The summed E-state index contributed by atoms with van der Waals surface area (Å²) in [6.45, 7) is 2.80. The van der Waals surface area contributed by atoms with Crippen LogP contribution in [-0.2, 0) is 32.1 Å². The summed E-state index contributed by atoms with van der Waals surface area (Å²) < 4.78 is 38.0. The fourth-order valence-corrected chi connectivity index (χ4v) is 4.47. The number of unbranched alkanes of at least 4 members (excludes halogenated alkanes) is 1. The molecule has 4 rings (SSSR count). The van der Waals surface area contributed by atoms with Crippen LogP contribution in [0.2, 0.25) is 0 Å². The zero-order valence-corrected chi connectivity index (χ0v) is 19.4. The number of hydrogen-bond acceptors (Lipinski definition) is 3. The van der Waals surface area contributed by atoms with E-state index in [-0.39, 0.29) is 5.91 Å². The van der Waals surface area contributed by atoms with E-state index in [1.165, 1.54) is 23.3 Å². The third kappa shape index (κ3) is 6.63. The zero-order valence-electron chi connectivity index (χ0n) is 19.4. The molecule has 3 aromatic rings. The molecule has 2 N–H and O–H groups in total. The maximum Gasteiger partial charge on any atom is 0.416 e. The van der Waals surface area contributed by atoms with Crippen molar-refractivity contribution in [1.82, 2.24) is 10.2 Å². The number of aryl methyl sites for hydroxylation is 1. The molecular formula is C28H29F3N2O2. The van der Waals surface area contributed by atoms with Gasteiger partial charge >= 0.3 is 6.18 Å². The van der Waals surface area contributed by atoms with Crippen LogP contribution in [-0.4, -0.2) is 29.0 Å². The summed E-state index contributed by atoms with van der Waals surface area (Å²) in [4.78, 5) is 15.1. The Morgan fingerprint density at radius 1 is 0.971 bits per heavy atom. The standard InChI is InChI=1S/C28H29F3N2O2/c29-28(30,31)24-11-8-20(9-12-24)5-3-4-15-32-27(35)26-7-2-1-6-23(26)19-33-16-14-21-17-25(34)13-10-22(21)18-33/h1-2,6-13,17,34H,3-5,14-16,18-19H2,(H,32,35). The van der Waals surface area contributed by atoms with Gasteiger partial charge in [0.25, 0.3) is 5.91 Å². The van der Waals surface area contributed by atoms with Gasteiger partial charge < -0.3 is 10.4 Å². The van der Waals surface area contributed by atoms with Gasteiger partial charge in [-0.25, -0.2) is 0 Å². The minimum atomic E-state index is -4.32. The van der Waals surface area contributed by atoms with Crippen molar-refractivity contribution in [2.75, 3.05) is 13.1 Å². The van der Waals surface area contributed by atoms with Gasteiger partial charge in [0.2, 0.25) is 0 Å². The van der Waals surface area contributed by atoms with Gasteiger partial charge in [0.1, 0.15) is 5.75 Å². The third-order valence-electron chi connectivity index (χ3n) is 6.40. The number of carbonyl (C=O) groups is 1. The molecule has 1 aliphatic rings. The topological polar surface area (TPSA) is 52.6 Å². The number of carbonyl (C=O) groups excluding carboxylic acids is 1. The van der Waals surface area contributed by atoms with E-state index >= 15 is 0 Å². The Morgan fingerprint density at radius 2 is 1.74 bits per heavy atom. The van der Waals surface area contributed by atoms with Crippen LogP contribution in [0.25, 0.3) is 0 Å². The van der Waals surface area contributed by atoms with Crippen LogP contribution in [0.5, 0.6) is 5.75 Å². The lowest BCUT2D eigenvalue weighted by molar-refractivity contribution is -0.137. The van der Waals surface area contributed by atoms with Crippen LogP contribution < -0.4 is 5.32 Å². The summed E-state index contributed by atoms with van der Waals surface area (Å²) in [5.41, 5.74) is 4.21. The molecule has 1 heterocycles. The van der Waals surface area contributed by atoms with Crippen molar-refractivity contribution in [3.05, 3.63) is 100 Å². The minimum absolute atomic E-state index is 0.113. The highest BCUT2D eigenvalue weighted by atomic mass is 19.4. The van der Waals surface area contributed by atoms with Crippen molar-refractivity contribution >= 4 is 5.91 Å². The number of halogens is 3. The summed E-state index contributed by atoms with van der Waals surface area (Å²) >= 11 is 0. The van der Waals surface area contributed by atoms with E-state index in [4.69, 9.17) is 0 Å². The first kappa shape index (κ1) is 24.8. The summed E-state index contributed by atoms with van der Waals surface area (Å²) in [6.07, 6.45) is -1.28. The third-order valence-corrected chi connectivity index (χ3v) is 6.40. The fourth-order valence-electron chi connectivity index (χ4n) is 4.47. The SMILES string of the molecule is O=C(NCCCCc1ccc(C(F)(F)F)cc1)c1ccccc1CN1CCc2cc(O)ccc2C1. The van der Waals surface area contributed by atoms with E-state index in [2.05, 4.69) is 10.2 Å². The maximum atomic E-state index is 12.8. The van der Waals surface area contributed by atoms with Crippen LogP contribution in [0.1, 0.15) is 51.0 Å². The Balaban J connectivity index is 1.25. The molecule has 4 nitrogen and oxygen atoms in total. The molecule has 1 aliphatic heterocycles. The summed E-state index contributed by atoms with van der Waals surface area (Å²) in [7, 11) is 0. The molecule has 7 heteroatoms. The molecule has 0 atom stereocenters. The number of benzene rings is 3. The van der Waals surface area contributed by atoms with E-state index in [1.54, 1.807) is 6.07 Å². The molecule has 0 saturated heterocycles. The smallest absolute Gasteiger partial charge is 0.416 e. The van der Waals surface area contributed by atoms with Crippen LogP contribution in [0.15, 0.2) is 66.7 Å². The number of hydrogen-bond donors (Lipinski definition) is 2. The van der Waals surface area contributed by atoms with Crippen molar-refractivity contribution in [1.29, 1.82) is 0 Å². The van der Waals surface area contributed by atoms with Crippen molar-refractivity contribution in [3.63, 3.8) is 0 Å². The molecule has 35 heavy (non-hydrogen) atoms. The number of phenolic OH excluding ortho intramolecular Hbond substituents is 1. The van der Waals surface area contributed by atoms with E-state index in [0.717, 1.165) is 55.6 Å². The van der Waals surface area contributed by atoms with E-state index in [0.29, 0.717) is 30.8 Å². The average Bonchev–Trinajstić information content (AvgIpc) is 2.84. The van der Waals surface area contributed by atoms with Gasteiger partial charge in [-0.05, 0) is 78.3 Å². The fraction of sp³-hybridized carbons (Fsp3) is 0.321. The van der Waals surface area contributed by atoms with E-state index < -0.39 is 11.7 Å². The van der Waals surface area contributed by atoms with Gasteiger partial charge in [0, 0.05) is 31.7 Å². The molecular weight excluding hydrogens is 453 g/mol. The van der Waals surface area contributed by atoms with Crippen molar-refractivity contribution in [2.45, 2.75) is 44.9 Å². The van der Waals surface area contributed by atoms with Crippen molar-refractivity contribution in [3.8, 4) is 5.75 Å². The van der Waals surface area contributed by atoms with E-state index in [9.17, 15) is 23.1 Å². The lowest BCUT2D eigenvalue weighted by Gasteiger charge is -2.29. The Labute approximate surface area is 203 Å². The molecule has 0 radical (unpaired) electrons. The number of nitrogens with one attached hydrogen (secondary N) is 1. The first-order chi connectivity index (χ1) is 16.8. The predicted molar refractivity (Wildman–Crippen MR) is 129 cm³/mol. The largest absolute Gasteiger partial charge is 0.508 e. The van der Waals surface area contributed by atoms with Gasteiger partial charge in [-0.3, -0.25) is 9.69 Å². The van der Waals surface area contributed by atoms with Crippen molar-refractivity contribution < 1.29 is 23.1 Å². The normalized spacial score (nSPS) is 13.9. The Hall–Kier alpha value is -3.32. The monoisotopic (exact) mass is 482 g/mol. The predicted octanol–water partition coefficient (Wildman–Crippen LogP) is 5.72. The second-order valence-corrected chi connectivity index (χ2v) is 8.98. The highest BCUT2D eigenvalue weighted by molar-refractivity contribution is 5.95. The molecule has 0 unspecified atom stereocenters. The Morgan fingerprint density at radius 3 is 2.51 bits per heavy atom. The molecule has 0 bridgehead atoms. The number of amides is 1. The second kappa shape index (κ2) is 11.0. The molecule has 1 amide bonds. The first-order valence-electron chi connectivity index (χ1n) is 11.8. The quantitative estimate of drug-likeness (QED) is 0.404. The summed E-state index contributed by atoms with van der Waals surface area (Å²) in [5.74, 6) is 0.177. The number of aromatic hydroxyl groups is 1. The molecule has 0 saturated carbocycles. The summed E-state index contributed by atoms with van der Waals surface area (Å²) in [6, 6.07) is 18.3. The van der Waals surface area contributed by atoms with Crippen LogP contribution in [0.3, 0.4) is 0 Å². The van der Waals surface area contributed by atoms with Crippen LogP contribution >= 0.6 is 0 Å². The number of fused-ring (bicyclic) bond motifs is 1. The molecule has 0 spiro atoms. The second-order valence-electron chi connectivity index (χ2n) is 8.98. The van der Waals surface area contributed by atoms with Gasteiger partial charge in [0.15, 0.2) is 0 Å². The Bertz CT molecular complexity index is 1160. The number of alkyl halides is 3. The molecule has 0 fully saturated rings. The van der Waals surface area contributed by atoms with Gasteiger partial charge in [-0.2, -0.15) is 13.2 Å². The first-order valence-corrected chi connectivity index (χ1v) is 11.8. The minimum Gasteiger partial charge on any atom is -0.508 e. The van der Waals surface area contributed by atoms with Gasteiger partial charge in [-0.15, -0.1) is 0 Å². The van der Waals surface area contributed by atoms with Crippen molar-refractivity contribution in [2.24, 2.45) is 0 Å². The van der Waals surface area contributed by atoms with Crippen LogP contribution in [0, 0.1) is 0 Å². The molecule has 0 aliphatic carbocycles. The number of phenols is 1.